The summed E-state index contributed by atoms with van der Waals surface area (Å²) >= 11 is 0. The molecule has 2 atom stereocenters. The van der Waals surface area contributed by atoms with E-state index in [0.29, 0.717) is 12.5 Å². The summed E-state index contributed by atoms with van der Waals surface area (Å²) in [5, 5.41) is 3.40. The van der Waals surface area contributed by atoms with Crippen LogP contribution in [0.1, 0.15) is 25.8 Å². The first-order chi connectivity index (χ1) is 11.6. The molecule has 0 bridgehead atoms. The van der Waals surface area contributed by atoms with Gasteiger partial charge in [-0.15, -0.1) is 24.0 Å². The SMILES string of the molecule is CCNC(=NCC(C)Oc1cccc(C)c1)N1CCC(COC)C1.I. The third kappa shape index (κ3) is 7.40. The summed E-state index contributed by atoms with van der Waals surface area (Å²) < 4.78 is 11.3. The Morgan fingerprint density at radius 2 is 2.24 bits per heavy atom. The lowest BCUT2D eigenvalue weighted by molar-refractivity contribution is 0.157. The van der Waals surface area contributed by atoms with E-state index in [1.54, 1.807) is 7.11 Å². The van der Waals surface area contributed by atoms with Crippen molar-refractivity contribution in [3.05, 3.63) is 29.8 Å². The van der Waals surface area contributed by atoms with Gasteiger partial charge >= 0.3 is 0 Å². The zero-order valence-corrected chi connectivity index (χ0v) is 18.2. The first kappa shape index (κ1) is 22.0. The maximum absolute atomic E-state index is 5.97. The van der Waals surface area contributed by atoms with Gasteiger partial charge in [0.2, 0.25) is 0 Å². The summed E-state index contributed by atoms with van der Waals surface area (Å²) in [6.45, 7) is 10.6. The van der Waals surface area contributed by atoms with Gasteiger partial charge in [0.25, 0.3) is 0 Å². The van der Waals surface area contributed by atoms with Gasteiger partial charge in [0.15, 0.2) is 5.96 Å². The maximum atomic E-state index is 5.97. The lowest BCUT2D eigenvalue weighted by Gasteiger charge is -2.22. The second-order valence-electron chi connectivity index (χ2n) is 6.50. The molecule has 2 rings (SSSR count). The van der Waals surface area contributed by atoms with Crippen molar-refractivity contribution in [2.45, 2.75) is 33.3 Å². The molecule has 1 aromatic rings. The van der Waals surface area contributed by atoms with Crippen molar-refractivity contribution in [3.8, 4) is 5.75 Å². The standard InChI is InChI=1S/C19H31N3O2.HI/c1-5-20-19(22-10-9-17(13-22)14-23-4)21-12-16(3)24-18-8-6-7-15(2)11-18;/h6-8,11,16-17H,5,9-10,12-14H2,1-4H3,(H,20,21);1H. The number of likely N-dealkylation sites (tertiary alicyclic amines) is 1. The molecule has 5 nitrogen and oxygen atoms in total. The van der Waals surface area contributed by atoms with Crippen molar-refractivity contribution in [2.24, 2.45) is 10.9 Å². The van der Waals surface area contributed by atoms with E-state index in [1.807, 2.05) is 12.1 Å². The predicted octanol–water partition coefficient (Wildman–Crippen LogP) is 3.31. The Kier molecular flexibility index (Phi) is 10.2. The summed E-state index contributed by atoms with van der Waals surface area (Å²) in [6, 6.07) is 8.14. The Balaban J connectivity index is 0.00000312. The molecule has 0 radical (unpaired) electrons. The van der Waals surface area contributed by atoms with Crippen molar-refractivity contribution < 1.29 is 9.47 Å². The van der Waals surface area contributed by atoms with Gasteiger partial charge in [-0.25, -0.2) is 4.99 Å². The molecule has 2 unspecified atom stereocenters. The van der Waals surface area contributed by atoms with Gasteiger partial charge in [-0.3, -0.25) is 0 Å². The van der Waals surface area contributed by atoms with E-state index in [2.05, 4.69) is 43.1 Å². The Labute approximate surface area is 169 Å². The highest BCUT2D eigenvalue weighted by atomic mass is 127. The zero-order chi connectivity index (χ0) is 17.4. The molecule has 0 saturated carbocycles. The summed E-state index contributed by atoms with van der Waals surface area (Å²) in [5.74, 6) is 2.49. The number of ether oxygens (including phenoxy) is 2. The van der Waals surface area contributed by atoms with E-state index in [4.69, 9.17) is 14.5 Å². The summed E-state index contributed by atoms with van der Waals surface area (Å²) in [6.07, 6.45) is 1.20. The zero-order valence-electron chi connectivity index (χ0n) is 15.8. The van der Waals surface area contributed by atoms with Gasteiger partial charge < -0.3 is 19.7 Å². The number of hydrogen-bond acceptors (Lipinski definition) is 3. The minimum Gasteiger partial charge on any atom is -0.489 e. The van der Waals surface area contributed by atoms with Crippen molar-refractivity contribution in [3.63, 3.8) is 0 Å². The molecular weight excluding hydrogens is 429 g/mol. The molecule has 1 aromatic carbocycles. The number of nitrogens with zero attached hydrogens (tertiary/aromatic N) is 2. The monoisotopic (exact) mass is 461 g/mol. The van der Waals surface area contributed by atoms with E-state index < -0.39 is 0 Å². The van der Waals surface area contributed by atoms with Crippen LogP contribution in [-0.4, -0.2) is 56.9 Å². The Morgan fingerprint density at radius 1 is 1.44 bits per heavy atom. The molecular formula is C19H32IN3O2. The van der Waals surface area contributed by atoms with E-state index in [1.165, 1.54) is 5.56 Å². The third-order valence-corrected chi connectivity index (χ3v) is 4.15. The quantitative estimate of drug-likeness (QED) is 0.385. The van der Waals surface area contributed by atoms with Crippen LogP contribution in [0.2, 0.25) is 0 Å². The summed E-state index contributed by atoms with van der Waals surface area (Å²) in [4.78, 5) is 7.10. The van der Waals surface area contributed by atoms with E-state index in [0.717, 1.165) is 44.4 Å². The van der Waals surface area contributed by atoms with Crippen LogP contribution in [-0.2, 0) is 4.74 Å². The first-order valence-electron chi connectivity index (χ1n) is 8.88. The van der Waals surface area contributed by atoms with Crippen LogP contribution in [0.25, 0.3) is 0 Å². The van der Waals surface area contributed by atoms with Gasteiger partial charge in [-0.1, -0.05) is 12.1 Å². The van der Waals surface area contributed by atoms with Crippen LogP contribution >= 0.6 is 24.0 Å². The second kappa shape index (κ2) is 11.6. The smallest absolute Gasteiger partial charge is 0.194 e. The average Bonchev–Trinajstić information content (AvgIpc) is 3.00. The highest BCUT2D eigenvalue weighted by molar-refractivity contribution is 14.0. The average molecular weight is 461 g/mol. The lowest BCUT2D eigenvalue weighted by atomic mass is 10.1. The maximum Gasteiger partial charge on any atom is 0.194 e. The minimum atomic E-state index is 0. The number of nitrogens with one attached hydrogen (secondary N) is 1. The molecule has 1 aliphatic heterocycles. The fraction of sp³-hybridized carbons (Fsp3) is 0.632. The van der Waals surface area contributed by atoms with Gasteiger partial charge in [-0.2, -0.15) is 0 Å². The van der Waals surface area contributed by atoms with Gasteiger partial charge in [0.05, 0.1) is 13.2 Å². The normalized spacial score (nSPS) is 18.6. The number of methoxy groups -OCH3 is 1. The minimum absolute atomic E-state index is 0. The number of hydrogen-bond donors (Lipinski definition) is 1. The van der Waals surface area contributed by atoms with Gasteiger partial charge in [0.1, 0.15) is 11.9 Å². The molecule has 1 fully saturated rings. The summed E-state index contributed by atoms with van der Waals surface area (Å²) in [7, 11) is 1.77. The number of guanidine groups is 1. The van der Waals surface area contributed by atoms with Crippen LogP contribution in [0, 0.1) is 12.8 Å². The molecule has 1 saturated heterocycles. The van der Waals surface area contributed by atoms with E-state index in [-0.39, 0.29) is 30.1 Å². The molecule has 1 heterocycles. The highest BCUT2D eigenvalue weighted by Crippen LogP contribution is 2.17. The van der Waals surface area contributed by atoms with Gasteiger partial charge in [0, 0.05) is 32.7 Å². The second-order valence-corrected chi connectivity index (χ2v) is 6.50. The number of aryl methyl sites for hydroxylation is 1. The van der Waals surface area contributed by atoms with Crippen molar-refractivity contribution >= 4 is 29.9 Å². The van der Waals surface area contributed by atoms with Crippen LogP contribution in [0.3, 0.4) is 0 Å². The van der Waals surface area contributed by atoms with Gasteiger partial charge in [-0.05, 0) is 44.9 Å². The predicted molar refractivity (Wildman–Crippen MR) is 114 cm³/mol. The van der Waals surface area contributed by atoms with E-state index >= 15 is 0 Å². The third-order valence-electron chi connectivity index (χ3n) is 4.15. The van der Waals surface area contributed by atoms with Crippen LogP contribution in [0.4, 0.5) is 0 Å². The molecule has 0 aromatic heterocycles. The fourth-order valence-electron chi connectivity index (χ4n) is 3.00. The first-order valence-corrected chi connectivity index (χ1v) is 8.88. The number of rotatable bonds is 7. The van der Waals surface area contributed by atoms with Crippen molar-refractivity contribution in [1.82, 2.24) is 10.2 Å². The lowest BCUT2D eigenvalue weighted by Crippen LogP contribution is -2.41. The highest BCUT2D eigenvalue weighted by Gasteiger charge is 2.24. The molecule has 1 N–H and O–H groups in total. The molecule has 0 amide bonds. The molecule has 6 heteroatoms. The van der Waals surface area contributed by atoms with Crippen molar-refractivity contribution in [1.29, 1.82) is 0 Å². The molecule has 0 spiro atoms. The van der Waals surface area contributed by atoms with Crippen LogP contribution < -0.4 is 10.1 Å². The largest absolute Gasteiger partial charge is 0.489 e. The number of aliphatic imine (C=N–C) groups is 1. The fourth-order valence-corrected chi connectivity index (χ4v) is 3.00. The Bertz CT molecular complexity index is 539. The van der Waals surface area contributed by atoms with Crippen LogP contribution in [0.15, 0.2) is 29.3 Å². The number of halogens is 1. The summed E-state index contributed by atoms with van der Waals surface area (Å²) in [5.41, 5.74) is 1.21. The topological polar surface area (TPSA) is 46.1 Å². The van der Waals surface area contributed by atoms with Crippen LogP contribution in [0.5, 0.6) is 5.75 Å². The van der Waals surface area contributed by atoms with Crippen molar-refractivity contribution in [2.75, 3.05) is 39.9 Å². The Morgan fingerprint density at radius 3 is 2.92 bits per heavy atom. The Hall–Kier alpha value is -1.02. The molecule has 1 aliphatic rings. The molecule has 0 aliphatic carbocycles. The number of benzene rings is 1. The molecule has 25 heavy (non-hydrogen) atoms. The van der Waals surface area contributed by atoms with E-state index in [9.17, 15) is 0 Å². The molecule has 142 valence electrons.